The van der Waals surface area contributed by atoms with Crippen molar-refractivity contribution in [1.29, 1.82) is 0 Å². The Bertz CT molecular complexity index is 1320. The van der Waals surface area contributed by atoms with Crippen LogP contribution in [-0.2, 0) is 21.7 Å². The summed E-state index contributed by atoms with van der Waals surface area (Å²) in [7, 11) is 0. The molecule has 2 unspecified atom stereocenters. The Kier molecular flexibility index (Phi) is 7.88. The van der Waals surface area contributed by atoms with Crippen LogP contribution < -0.4 is 5.73 Å². The number of hydrogen-bond donors (Lipinski definition) is 1. The van der Waals surface area contributed by atoms with Crippen molar-refractivity contribution < 1.29 is 18.3 Å². The maximum absolute atomic E-state index is 14.9. The van der Waals surface area contributed by atoms with E-state index in [1.807, 2.05) is 52.8 Å². The van der Waals surface area contributed by atoms with Gasteiger partial charge in [0.05, 0.1) is 15.9 Å². The molecule has 1 aliphatic heterocycles. The second-order valence-corrected chi connectivity index (χ2v) is 12.8. The number of nitrogens with two attached hydrogens (primary N) is 1. The van der Waals surface area contributed by atoms with E-state index in [9.17, 15) is 13.6 Å². The van der Waals surface area contributed by atoms with Crippen LogP contribution >= 0.6 is 22.7 Å². The molecular weight excluding hydrogens is 512 g/mol. The molecule has 2 N–H and O–H groups in total. The summed E-state index contributed by atoms with van der Waals surface area (Å²) in [6, 6.07) is 11.1. The minimum Gasteiger partial charge on any atom is -0.442 e. The summed E-state index contributed by atoms with van der Waals surface area (Å²) in [5.41, 5.74) is 3.63. The molecule has 3 aromatic rings. The van der Waals surface area contributed by atoms with Gasteiger partial charge in [0, 0.05) is 21.1 Å². The number of carbonyl (C=O) groups is 1. The molecular formula is C28H33F2N3O2S2. The van der Waals surface area contributed by atoms with E-state index >= 15 is 0 Å². The zero-order valence-corrected chi connectivity index (χ0v) is 23.4. The molecule has 0 bridgehead atoms. The molecule has 9 heteroatoms. The first-order valence-electron chi connectivity index (χ1n) is 12.4. The van der Waals surface area contributed by atoms with Crippen LogP contribution in [0, 0.1) is 36.8 Å². The third kappa shape index (κ3) is 5.22. The van der Waals surface area contributed by atoms with Gasteiger partial charge >= 0.3 is 0 Å². The second kappa shape index (κ2) is 10.6. The van der Waals surface area contributed by atoms with Crippen LogP contribution in [0.5, 0.6) is 0 Å². The first kappa shape index (κ1) is 27.4. The molecule has 4 rings (SSSR count). The average molecular weight is 546 g/mol. The third-order valence-electron chi connectivity index (χ3n) is 7.10. The van der Waals surface area contributed by atoms with Crippen molar-refractivity contribution in [2.45, 2.75) is 59.6 Å². The van der Waals surface area contributed by atoms with Crippen molar-refractivity contribution >= 4 is 34.5 Å². The van der Waals surface area contributed by atoms with E-state index in [-0.39, 0.29) is 23.3 Å². The van der Waals surface area contributed by atoms with Crippen LogP contribution in [-0.4, -0.2) is 23.4 Å². The number of nitrogens with zero attached hydrogens (tertiary/aromatic N) is 2. The zero-order valence-electron chi connectivity index (χ0n) is 21.8. The first-order valence-corrected chi connectivity index (χ1v) is 14.0. The van der Waals surface area contributed by atoms with Crippen LogP contribution in [0.25, 0.3) is 0 Å². The van der Waals surface area contributed by atoms with E-state index in [2.05, 4.69) is 11.2 Å². The van der Waals surface area contributed by atoms with E-state index in [1.165, 1.54) is 21.2 Å². The summed E-state index contributed by atoms with van der Waals surface area (Å²) in [5.74, 6) is -1.68. The van der Waals surface area contributed by atoms with Crippen LogP contribution in [0.4, 0.5) is 8.78 Å². The standard InChI is InChI=1S/C28H33F2N3O2S2/c1-17(2)27(5,16-21-10-7-18(3)36-21)26(34)33-28(13-6-14-31,24-12-8-19(4)37-24)35-25(32-33)22-15-20(29)9-11-23(22)30/h7-12,15,17H,6,13-14,16,31H2,1-5H3. The molecule has 0 saturated heterocycles. The summed E-state index contributed by atoms with van der Waals surface area (Å²) < 4.78 is 35.5. The Morgan fingerprint density at radius 2 is 1.84 bits per heavy atom. The molecule has 3 heterocycles. The summed E-state index contributed by atoms with van der Waals surface area (Å²) in [5, 5.41) is 5.97. The molecule has 1 aliphatic rings. The van der Waals surface area contributed by atoms with E-state index in [0.29, 0.717) is 25.8 Å². The number of halogens is 2. The Labute approximate surface area is 225 Å². The van der Waals surface area contributed by atoms with Crippen molar-refractivity contribution in [3.05, 3.63) is 79.2 Å². The maximum atomic E-state index is 14.9. The molecule has 2 aromatic heterocycles. The fourth-order valence-electron chi connectivity index (χ4n) is 4.51. The molecule has 0 aliphatic carbocycles. The van der Waals surface area contributed by atoms with Gasteiger partial charge in [-0.25, -0.2) is 8.78 Å². The fourth-order valence-corrected chi connectivity index (χ4v) is 6.57. The number of rotatable bonds is 9. The average Bonchev–Trinajstić information content (AvgIpc) is 3.57. The largest absolute Gasteiger partial charge is 0.442 e. The molecule has 1 amide bonds. The topological polar surface area (TPSA) is 67.9 Å². The molecule has 198 valence electrons. The van der Waals surface area contributed by atoms with E-state index in [0.717, 1.165) is 32.8 Å². The lowest BCUT2D eigenvalue weighted by atomic mass is 9.74. The number of aryl methyl sites for hydroxylation is 2. The van der Waals surface area contributed by atoms with Crippen LogP contribution in [0.3, 0.4) is 0 Å². The molecule has 37 heavy (non-hydrogen) atoms. The lowest BCUT2D eigenvalue weighted by Crippen LogP contribution is -2.52. The Morgan fingerprint density at radius 1 is 1.14 bits per heavy atom. The third-order valence-corrected chi connectivity index (χ3v) is 9.23. The smallest absolute Gasteiger partial charge is 0.253 e. The van der Waals surface area contributed by atoms with Crippen molar-refractivity contribution in [3.63, 3.8) is 0 Å². The predicted octanol–water partition coefficient (Wildman–Crippen LogP) is 6.72. The van der Waals surface area contributed by atoms with E-state index in [1.54, 1.807) is 11.3 Å². The number of amides is 1. The monoisotopic (exact) mass is 545 g/mol. The lowest BCUT2D eigenvalue weighted by molar-refractivity contribution is -0.165. The number of hydrogen-bond acceptors (Lipinski definition) is 6. The van der Waals surface area contributed by atoms with Gasteiger partial charge in [0.15, 0.2) is 0 Å². The van der Waals surface area contributed by atoms with Gasteiger partial charge in [0.25, 0.3) is 5.91 Å². The van der Waals surface area contributed by atoms with Gasteiger partial charge in [0.1, 0.15) is 11.6 Å². The van der Waals surface area contributed by atoms with Crippen LogP contribution in [0.15, 0.2) is 47.6 Å². The number of carbonyl (C=O) groups excluding carboxylic acids is 1. The highest BCUT2D eigenvalue weighted by atomic mass is 32.1. The number of hydrazone groups is 1. The van der Waals surface area contributed by atoms with Crippen LogP contribution in [0.2, 0.25) is 0 Å². The summed E-state index contributed by atoms with van der Waals surface area (Å²) in [4.78, 5) is 18.6. The summed E-state index contributed by atoms with van der Waals surface area (Å²) in [6.07, 6.45) is 1.41. The SMILES string of the molecule is Cc1ccc(CC(C)(C(=O)N2N=C(c3cc(F)ccc3F)OC2(CCCN)c2ccc(C)s2)C(C)C)s1. The minimum atomic E-state index is -1.31. The van der Waals surface area contributed by atoms with Gasteiger partial charge in [-0.3, -0.25) is 4.79 Å². The Balaban J connectivity index is 1.88. The fraction of sp³-hybridized carbons (Fsp3) is 0.429. The molecule has 1 aromatic carbocycles. The molecule has 2 atom stereocenters. The van der Waals surface area contributed by atoms with Crippen molar-refractivity contribution in [2.75, 3.05) is 6.54 Å². The van der Waals surface area contributed by atoms with Crippen molar-refractivity contribution in [1.82, 2.24) is 5.01 Å². The van der Waals surface area contributed by atoms with Crippen LogP contribution in [0.1, 0.15) is 58.7 Å². The molecule has 0 fully saturated rings. The van der Waals surface area contributed by atoms with Gasteiger partial charge in [-0.05, 0) is 81.6 Å². The number of benzene rings is 1. The maximum Gasteiger partial charge on any atom is 0.253 e. The van der Waals surface area contributed by atoms with E-state index in [4.69, 9.17) is 10.5 Å². The van der Waals surface area contributed by atoms with Crippen molar-refractivity contribution in [3.8, 4) is 0 Å². The Hall–Kier alpha value is -2.62. The molecule has 0 spiro atoms. The van der Waals surface area contributed by atoms with Gasteiger partial charge in [-0.15, -0.1) is 27.8 Å². The van der Waals surface area contributed by atoms with Gasteiger partial charge in [-0.2, -0.15) is 5.01 Å². The highest BCUT2D eigenvalue weighted by Crippen LogP contribution is 2.47. The van der Waals surface area contributed by atoms with Crippen molar-refractivity contribution in [2.24, 2.45) is 22.2 Å². The number of ether oxygens (including phenoxy) is 1. The summed E-state index contributed by atoms with van der Waals surface area (Å²) in [6.45, 7) is 10.4. The highest BCUT2D eigenvalue weighted by Gasteiger charge is 2.55. The predicted molar refractivity (Wildman–Crippen MR) is 146 cm³/mol. The summed E-state index contributed by atoms with van der Waals surface area (Å²) >= 11 is 3.15. The van der Waals surface area contributed by atoms with Gasteiger partial charge in [-0.1, -0.05) is 20.8 Å². The zero-order chi connectivity index (χ0) is 27.0. The quantitative estimate of drug-likeness (QED) is 0.325. The first-order chi connectivity index (χ1) is 17.5. The van der Waals surface area contributed by atoms with E-state index < -0.39 is 22.8 Å². The second-order valence-electron chi connectivity index (χ2n) is 10.1. The number of thiophene rings is 2. The minimum absolute atomic E-state index is 0.0372. The van der Waals surface area contributed by atoms with Gasteiger partial charge in [0.2, 0.25) is 11.6 Å². The lowest BCUT2D eigenvalue weighted by Gasteiger charge is -2.40. The van der Waals surface area contributed by atoms with Gasteiger partial charge < -0.3 is 10.5 Å². The molecule has 0 saturated carbocycles. The molecule has 0 radical (unpaired) electrons. The normalized spacial score (nSPS) is 19.2. The Morgan fingerprint density at radius 3 is 2.43 bits per heavy atom. The highest BCUT2D eigenvalue weighted by molar-refractivity contribution is 7.12. The molecule has 5 nitrogen and oxygen atoms in total.